The summed E-state index contributed by atoms with van der Waals surface area (Å²) in [6, 6.07) is 20.3. The Labute approximate surface area is 530 Å². The molecule has 86 heavy (non-hydrogen) atoms. The van der Waals surface area contributed by atoms with Crippen LogP contribution in [-0.2, 0) is 10.8 Å². The van der Waals surface area contributed by atoms with Crippen LogP contribution >= 0.6 is 0 Å². The van der Waals surface area contributed by atoms with Crippen molar-refractivity contribution < 1.29 is 0 Å². The van der Waals surface area contributed by atoms with Crippen LogP contribution < -0.4 is 0 Å². The molecule has 5 atom stereocenters. The van der Waals surface area contributed by atoms with Gasteiger partial charge in [0.25, 0.3) is 0 Å². The first kappa shape index (κ1) is 70.2. The summed E-state index contributed by atoms with van der Waals surface area (Å²) >= 11 is 0. The Kier molecular flexibility index (Phi) is 26.1. The van der Waals surface area contributed by atoms with Gasteiger partial charge in [0.1, 0.15) is 0 Å². The summed E-state index contributed by atoms with van der Waals surface area (Å²) in [5, 5.41) is 0. The van der Waals surface area contributed by atoms with Crippen molar-refractivity contribution >= 4 is 22.8 Å². The third-order valence-electron chi connectivity index (χ3n) is 21.1. The number of hydrogen-bond acceptors (Lipinski definition) is 0. The maximum absolute atomic E-state index is 5.15. The van der Waals surface area contributed by atoms with Crippen LogP contribution in [0.3, 0.4) is 0 Å². The summed E-state index contributed by atoms with van der Waals surface area (Å²) in [5.74, 6) is 1.98. The highest BCUT2D eigenvalue weighted by Gasteiger charge is 2.46. The molecule has 0 heterocycles. The minimum atomic E-state index is -0.181. The summed E-state index contributed by atoms with van der Waals surface area (Å²) in [4.78, 5) is 0. The summed E-state index contributed by atoms with van der Waals surface area (Å²) in [5.41, 5.74) is 25.5. The van der Waals surface area contributed by atoms with Crippen LogP contribution in [0.1, 0.15) is 304 Å². The second-order valence-corrected chi connectivity index (χ2v) is 29.6. The van der Waals surface area contributed by atoms with Gasteiger partial charge in [-0.1, -0.05) is 308 Å². The summed E-state index contributed by atoms with van der Waals surface area (Å²) in [6.07, 6.45) is 52.5. The smallest absolute Gasteiger partial charge is 0.0220 e. The molecule has 3 aliphatic rings. The molecule has 468 valence electrons. The van der Waals surface area contributed by atoms with Gasteiger partial charge in [0.15, 0.2) is 0 Å². The number of benzene rings is 3. The van der Waals surface area contributed by atoms with E-state index in [0.717, 1.165) is 44.9 Å². The lowest BCUT2D eigenvalue weighted by atomic mass is 9.64. The molecule has 5 unspecified atom stereocenters. The fourth-order valence-electron chi connectivity index (χ4n) is 14.1. The molecule has 6 rings (SSSR count). The van der Waals surface area contributed by atoms with Crippen LogP contribution in [0.2, 0.25) is 0 Å². The van der Waals surface area contributed by atoms with Gasteiger partial charge in [-0.2, -0.15) is 0 Å². The molecule has 0 aromatic heterocycles. The van der Waals surface area contributed by atoms with Gasteiger partial charge in [-0.25, -0.2) is 0 Å². The number of allylic oxidation sites excluding steroid dienone is 18. The van der Waals surface area contributed by atoms with Crippen LogP contribution in [0.5, 0.6) is 0 Å². The zero-order valence-electron chi connectivity index (χ0n) is 58.8. The van der Waals surface area contributed by atoms with E-state index in [-0.39, 0.29) is 27.6 Å². The number of rotatable bonds is 31. The summed E-state index contributed by atoms with van der Waals surface area (Å²) in [6.45, 7) is 50.4. The Morgan fingerprint density at radius 3 is 1.78 bits per heavy atom. The molecule has 0 saturated heterocycles. The average Bonchev–Trinajstić information content (AvgIpc) is 1.55. The molecule has 0 N–H and O–H groups in total. The van der Waals surface area contributed by atoms with Crippen LogP contribution in [0, 0.1) is 41.4 Å². The molecule has 0 nitrogen and oxygen atoms in total. The van der Waals surface area contributed by atoms with Crippen molar-refractivity contribution in [3.05, 3.63) is 188 Å². The molecular weight excluding hydrogens is 1030 g/mol. The van der Waals surface area contributed by atoms with Crippen LogP contribution in [-0.4, -0.2) is 0 Å². The monoisotopic (exact) mass is 1160 g/mol. The Hall–Kier alpha value is -4.94. The maximum atomic E-state index is 5.15. The van der Waals surface area contributed by atoms with Crippen molar-refractivity contribution in [2.45, 2.75) is 277 Å². The van der Waals surface area contributed by atoms with Gasteiger partial charge in [0, 0.05) is 16.7 Å². The van der Waals surface area contributed by atoms with E-state index in [9.17, 15) is 0 Å². The highest BCUT2D eigenvalue weighted by Crippen LogP contribution is 2.58. The zero-order chi connectivity index (χ0) is 63.0. The minimum absolute atomic E-state index is 0.0228. The molecule has 3 aliphatic carbocycles. The molecule has 0 spiro atoms. The quantitative estimate of drug-likeness (QED) is 0.0563. The van der Waals surface area contributed by atoms with E-state index in [1.54, 1.807) is 11.1 Å². The number of unbranched alkanes of at least 4 members (excludes halogenated alkanes) is 4. The average molecular weight is 1160 g/mol. The highest BCUT2D eigenvalue weighted by atomic mass is 14.5. The third-order valence-corrected chi connectivity index (χ3v) is 21.1. The van der Waals surface area contributed by atoms with E-state index in [1.807, 2.05) is 0 Å². The van der Waals surface area contributed by atoms with Gasteiger partial charge in [-0.05, 0) is 209 Å². The Bertz CT molecular complexity index is 3020. The lowest BCUT2D eigenvalue weighted by Gasteiger charge is -2.39. The number of fused-ring (bicyclic) bond motifs is 3. The predicted molar refractivity (Wildman–Crippen MR) is 387 cm³/mol. The molecular formula is C86H124. The van der Waals surface area contributed by atoms with Crippen molar-refractivity contribution in [2.75, 3.05) is 0 Å². The molecule has 0 bridgehead atoms. The van der Waals surface area contributed by atoms with Crippen LogP contribution in [0.4, 0.5) is 0 Å². The zero-order valence-corrected chi connectivity index (χ0v) is 58.8. The molecule has 0 radical (unpaired) electrons. The topological polar surface area (TPSA) is 0 Å². The highest BCUT2D eigenvalue weighted by molar-refractivity contribution is 5.86. The van der Waals surface area contributed by atoms with E-state index < -0.39 is 0 Å². The maximum Gasteiger partial charge on any atom is 0.0220 e. The first-order chi connectivity index (χ1) is 41.0. The van der Waals surface area contributed by atoms with Crippen molar-refractivity contribution in [1.29, 1.82) is 0 Å². The standard InChI is InChI=1S/C86H124/c1-21-29-34-66(27-7)59-86(60-67(28-8)35-30-22-2)81-56-72(45-48-77(81)78-49-46-73(57-82(78)86)84(17,18)19)62(10)38-42-70(33-25-5)75-50-51-76(74(61(9)26-6)47-39-63(11)83(14,15)16)79(64(75)12)58-80(71-43-40-68(41-44-71)36-31-23-3)65(13)85(20)54-52-69(53-55-85)37-32-24-4/h38-43,45-54,56-58,61,66-67,71H,13,21-37,44,55,59-60H2,1-12,14-20H3/b62-38+,63-39+,70-42+,74-47+,80-58+. The molecule has 0 saturated carbocycles. The Morgan fingerprint density at radius 1 is 0.663 bits per heavy atom. The van der Waals surface area contributed by atoms with Gasteiger partial charge in [0.2, 0.25) is 0 Å². The van der Waals surface area contributed by atoms with Gasteiger partial charge >= 0.3 is 0 Å². The van der Waals surface area contributed by atoms with E-state index in [1.165, 1.54) is 179 Å². The minimum Gasteiger partial charge on any atom is -0.0946 e. The largest absolute Gasteiger partial charge is 0.0946 e. The Morgan fingerprint density at radius 2 is 1.26 bits per heavy atom. The van der Waals surface area contributed by atoms with Crippen molar-refractivity contribution in [3.8, 4) is 11.1 Å². The second-order valence-electron chi connectivity index (χ2n) is 29.6. The number of hydrogen-bond donors (Lipinski definition) is 0. The van der Waals surface area contributed by atoms with Gasteiger partial charge < -0.3 is 0 Å². The van der Waals surface area contributed by atoms with Gasteiger partial charge in [-0.15, -0.1) is 0 Å². The fraction of sp³-hybridized carbons (Fsp3) is 0.558. The molecule has 3 aromatic rings. The van der Waals surface area contributed by atoms with Crippen molar-refractivity contribution in [2.24, 2.45) is 34.5 Å². The van der Waals surface area contributed by atoms with E-state index in [2.05, 4.69) is 247 Å². The van der Waals surface area contributed by atoms with E-state index in [4.69, 9.17) is 6.58 Å². The second kappa shape index (κ2) is 32.0. The Balaban J connectivity index is 1.60. The molecule has 0 aliphatic heterocycles. The first-order valence-electron chi connectivity index (χ1n) is 35.3. The third kappa shape index (κ3) is 17.3. The van der Waals surface area contributed by atoms with Crippen molar-refractivity contribution in [1.82, 2.24) is 0 Å². The predicted octanol–water partition coefficient (Wildman–Crippen LogP) is 27.2. The summed E-state index contributed by atoms with van der Waals surface area (Å²) in [7, 11) is 0. The molecule has 0 amide bonds. The lowest BCUT2D eigenvalue weighted by Crippen LogP contribution is -2.32. The lowest BCUT2D eigenvalue weighted by molar-refractivity contribution is 0.265. The van der Waals surface area contributed by atoms with Gasteiger partial charge in [-0.3, -0.25) is 0 Å². The fourth-order valence-corrected chi connectivity index (χ4v) is 14.1. The molecule has 0 heteroatoms. The summed E-state index contributed by atoms with van der Waals surface area (Å²) < 4.78 is 0. The van der Waals surface area contributed by atoms with E-state index >= 15 is 0 Å². The first-order valence-corrected chi connectivity index (χ1v) is 35.3. The molecule has 3 aromatic carbocycles. The van der Waals surface area contributed by atoms with Crippen molar-refractivity contribution in [3.63, 3.8) is 0 Å². The normalized spacial score (nSPS) is 20.6. The van der Waals surface area contributed by atoms with Crippen LogP contribution in [0.25, 0.3) is 33.9 Å². The van der Waals surface area contributed by atoms with Gasteiger partial charge in [0.05, 0.1) is 0 Å². The van der Waals surface area contributed by atoms with E-state index in [0.29, 0.717) is 17.8 Å². The SMILES string of the molecule is C=C(/C(=C\c1c(/C(=C/C=C(\C)C(C)(C)C)C(C)CC)ccc(/C(=C/C=C(\C)c2ccc3c(c2)C(CC(CC)CCCC)(CC(CC)CCCC)c2cc(C(C)(C)C)ccc2-3)CCC)c1C)C1C=CC(CCCC)=CC1)C1(C)C=CC(CCCC)=CC1. The van der Waals surface area contributed by atoms with Crippen LogP contribution in [0.15, 0.2) is 144 Å². The molecule has 0 fully saturated rings.